The second kappa shape index (κ2) is 20.0. The Bertz CT molecular complexity index is 1010. The van der Waals surface area contributed by atoms with Crippen molar-refractivity contribution < 1.29 is 38.9 Å². The molecular formula is C35H61O8P. The van der Waals surface area contributed by atoms with Gasteiger partial charge in [-0.1, -0.05) is 57.7 Å². The minimum Gasteiger partial charge on any atom is -0.396 e. The van der Waals surface area contributed by atoms with Crippen molar-refractivity contribution in [2.45, 2.75) is 104 Å². The van der Waals surface area contributed by atoms with Gasteiger partial charge < -0.3 is 34.1 Å². The van der Waals surface area contributed by atoms with Crippen molar-refractivity contribution >= 4 is 12.9 Å². The third kappa shape index (κ3) is 13.9. The largest absolute Gasteiger partial charge is 0.396 e. The van der Waals surface area contributed by atoms with Gasteiger partial charge >= 0.3 is 0 Å². The summed E-state index contributed by atoms with van der Waals surface area (Å²) in [6, 6.07) is 0. The van der Waals surface area contributed by atoms with Crippen molar-refractivity contribution in [3.05, 3.63) is 48.1 Å². The van der Waals surface area contributed by atoms with Crippen molar-refractivity contribution in [1.82, 2.24) is 0 Å². The number of carbonyl (C=O) groups is 1. The van der Waals surface area contributed by atoms with E-state index < -0.39 is 19.3 Å². The molecule has 0 aromatic rings. The summed E-state index contributed by atoms with van der Waals surface area (Å²) in [6.45, 7) is 17.8. The molecule has 1 saturated heterocycles. The number of rotatable bonds is 21. The minimum atomic E-state index is -2.69. The monoisotopic (exact) mass is 640 g/mol. The molecule has 0 spiro atoms. The zero-order valence-electron chi connectivity index (χ0n) is 28.5. The average molecular weight is 641 g/mol. The molecule has 0 aromatic heterocycles. The molecular weight excluding hydrogens is 579 g/mol. The predicted octanol–water partition coefficient (Wildman–Crippen LogP) is 5.95. The van der Waals surface area contributed by atoms with Crippen LogP contribution in [0.3, 0.4) is 0 Å². The number of ketones is 1. The Hall–Kier alpha value is -1.38. The lowest BCUT2D eigenvalue weighted by Gasteiger charge is -2.42. The SMILES string of the molecule is C=C(C)[C@@H](O)[C@@H](OC)C(=O)[C@H](C)C[C@H](C)/C=C/C=C/C=C(\C)C(C[C@@H]1CC[C@@H](C)C(C)(C)O1)OCCP(=O)(CCO)CCO. The lowest BCUT2D eigenvalue weighted by Crippen LogP contribution is -2.43. The van der Waals surface area contributed by atoms with E-state index in [1.165, 1.54) is 7.11 Å². The standard InChI is InChI=1S/C35H61O8P/c1-25(2)32(38)34(41-9)33(39)28(5)23-26(3)13-11-10-12-14-27(4)31(24-30-16-15-29(6)35(7,8)43-30)42-19-22-44(40,20-17-36)21-18-37/h10-14,26,28-32,34,36-38H,1,15-24H2,2-9H3/b12-10+,13-11+,27-14+/t26-,28-,29-,30+,31?,32-,34-/m1/s1. The fourth-order valence-electron chi connectivity index (χ4n) is 5.56. The molecule has 0 aromatic carbocycles. The number of methoxy groups -OCH3 is 1. The number of hydrogen-bond donors (Lipinski definition) is 3. The zero-order valence-corrected chi connectivity index (χ0v) is 29.4. The summed E-state index contributed by atoms with van der Waals surface area (Å²) < 4.78 is 31.1. The first kappa shape index (κ1) is 40.6. The highest BCUT2D eigenvalue weighted by Gasteiger charge is 2.36. The molecule has 8 nitrogen and oxygen atoms in total. The molecule has 1 rings (SSSR count). The Morgan fingerprint density at radius 3 is 2.27 bits per heavy atom. The Morgan fingerprint density at radius 1 is 1.09 bits per heavy atom. The normalized spacial score (nSPS) is 23.0. The van der Waals surface area contributed by atoms with Crippen LogP contribution >= 0.6 is 7.14 Å². The molecule has 44 heavy (non-hydrogen) atoms. The van der Waals surface area contributed by atoms with Crippen LogP contribution in [0, 0.1) is 17.8 Å². The number of ether oxygens (including phenoxy) is 3. The summed E-state index contributed by atoms with van der Waals surface area (Å²) in [5.41, 5.74) is 1.32. The van der Waals surface area contributed by atoms with Gasteiger partial charge in [-0.15, -0.1) is 0 Å². The summed E-state index contributed by atoms with van der Waals surface area (Å²) in [7, 11) is -1.27. The van der Waals surface area contributed by atoms with Crippen LogP contribution in [0.1, 0.15) is 74.1 Å². The molecule has 1 fully saturated rings. The lowest BCUT2D eigenvalue weighted by atomic mass is 9.83. The van der Waals surface area contributed by atoms with Gasteiger partial charge in [0.15, 0.2) is 5.78 Å². The van der Waals surface area contributed by atoms with Gasteiger partial charge in [0.2, 0.25) is 0 Å². The molecule has 0 saturated carbocycles. The zero-order chi connectivity index (χ0) is 33.5. The van der Waals surface area contributed by atoms with Crippen LogP contribution < -0.4 is 0 Å². The number of aliphatic hydroxyl groups is 3. The summed E-state index contributed by atoms with van der Waals surface area (Å²) >= 11 is 0. The molecule has 254 valence electrons. The van der Waals surface area contributed by atoms with E-state index in [0.717, 1.165) is 18.4 Å². The van der Waals surface area contributed by atoms with Crippen LogP contribution in [0.4, 0.5) is 0 Å². The summed E-state index contributed by atoms with van der Waals surface area (Å²) in [5.74, 6) is 0.201. The van der Waals surface area contributed by atoms with Gasteiger partial charge in [-0.05, 0) is 69.9 Å². The Balaban J connectivity index is 2.89. The van der Waals surface area contributed by atoms with Gasteiger partial charge in [0.25, 0.3) is 0 Å². The van der Waals surface area contributed by atoms with Crippen molar-refractivity contribution in [2.24, 2.45) is 17.8 Å². The van der Waals surface area contributed by atoms with E-state index in [4.69, 9.17) is 14.2 Å². The van der Waals surface area contributed by atoms with E-state index in [-0.39, 0.29) is 67.6 Å². The maximum atomic E-state index is 13.1. The maximum Gasteiger partial charge on any atom is 0.167 e. The van der Waals surface area contributed by atoms with Crippen LogP contribution in [-0.2, 0) is 23.6 Å². The summed E-state index contributed by atoms with van der Waals surface area (Å²) in [6.07, 6.45) is 11.9. The Kier molecular flexibility index (Phi) is 18.5. The van der Waals surface area contributed by atoms with Gasteiger partial charge in [0.05, 0.1) is 31.6 Å². The van der Waals surface area contributed by atoms with Gasteiger partial charge in [0.1, 0.15) is 12.2 Å². The number of allylic oxidation sites excluding steroid dienone is 5. The van der Waals surface area contributed by atoms with Gasteiger partial charge in [-0.2, -0.15) is 0 Å². The molecule has 9 heteroatoms. The number of Topliss-reactive ketones (excluding diaryl/α,β-unsaturated/α-hetero) is 1. The van der Waals surface area contributed by atoms with Crippen LogP contribution in [0.2, 0.25) is 0 Å². The number of aliphatic hydroxyl groups excluding tert-OH is 3. The molecule has 0 amide bonds. The molecule has 7 atom stereocenters. The van der Waals surface area contributed by atoms with Gasteiger partial charge in [-0.25, -0.2) is 0 Å². The van der Waals surface area contributed by atoms with E-state index in [0.29, 0.717) is 30.5 Å². The average Bonchev–Trinajstić information content (AvgIpc) is 2.94. The van der Waals surface area contributed by atoms with Crippen LogP contribution in [0.25, 0.3) is 0 Å². The summed E-state index contributed by atoms with van der Waals surface area (Å²) in [5, 5.41) is 29.0. The van der Waals surface area contributed by atoms with E-state index >= 15 is 0 Å². The van der Waals surface area contributed by atoms with Gasteiger partial charge in [0, 0.05) is 51.1 Å². The van der Waals surface area contributed by atoms with E-state index in [1.54, 1.807) is 6.92 Å². The topological polar surface area (TPSA) is 123 Å². The maximum absolute atomic E-state index is 13.1. The van der Waals surface area contributed by atoms with Crippen LogP contribution in [0.15, 0.2) is 48.1 Å². The van der Waals surface area contributed by atoms with Crippen molar-refractivity contribution in [2.75, 3.05) is 45.4 Å². The quantitative estimate of drug-likeness (QED) is 0.0800. The Morgan fingerprint density at radius 2 is 1.73 bits per heavy atom. The Labute approximate surface area is 267 Å². The molecule has 0 aliphatic carbocycles. The first-order chi connectivity index (χ1) is 20.6. The first-order valence-corrected chi connectivity index (χ1v) is 18.4. The highest BCUT2D eigenvalue weighted by molar-refractivity contribution is 7.64. The van der Waals surface area contributed by atoms with Crippen LogP contribution in [-0.4, -0.2) is 96.5 Å². The molecule has 0 bridgehead atoms. The third-order valence-corrected chi connectivity index (χ3v) is 12.0. The highest BCUT2D eigenvalue weighted by atomic mass is 31.2. The van der Waals surface area contributed by atoms with Crippen molar-refractivity contribution in [1.29, 1.82) is 0 Å². The fourth-order valence-corrected chi connectivity index (χ4v) is 7.40. The van der Waals surface area contributed by atoms with E-state index in [1.807, 2.05) is 44.2 Å². The van der Waals surface area contributed by atoms with Crippen molar-refractivity contribution in [3.8, 4) is 0 Å². The van der Waals surface area contributed by atoms with Crippen molar-refractivity contribution in [3.63, 3.8) is 0 Å². The second-order valence-electron chi connectivity index (χ2n) is 13.2. The minimum absolute atomic E-state index is 0.0554. The summed E-state index contributed by atoms with van der Waals surface area (Å²) in [4.78, 5) is 12.8. The molecule has 1 aliphatic rings. The smallest absolute Gasteiger partial charge is 0.167 e. The highest BCUT2D eigenvalue weighted by Crippen LogP contribution is 2.44. The molecule has 1 heterocycles. The molecule has 0 radical (unpaired) electrons. The lowest BCUT2D eigenvalue weighted by molar-refractivity contribution is -0.147. The molecule has 3 N–H and O–H groups in total. The van der Waals surface area contributed by atoms with E-state index in [9.17, 15) is 24.7 Å². The van der Waals surface area contributed by atoms with Gasteiger partial charge in [-0.3, -0.25) is 4.79 Å². The molecule has 1 aliphatic heterocycles. The fraction of sp³-hybridized carbons (Fsp3) is 0.743. The van der Waals surface area contributed by atoms with Crippen LogP contribution in [0.5, 0.6) is 0 Å². The molecule has 1 unspecified atom stereocenters. The second-order valence-corrected chi connectivity index (χ2v) is 16.7. The predicted molar refractivity (Wildman–Crippen MR) is 180 cm³/mol. The van der Waals surface area contributed by atoms with E-state index in [2.05, 4.69) is 34.3 Å². The first-order valence-electron chi connectivity index (χ1n) is 16.1. The third-order valence-electron chi connectivity index (χ3n) is 8.95. The number of carbonyl (C=O) groups excluding carboxylic acids is 1. The number of hydrogen-bond acceptors (Lipinski definition) is 8.